The van der Waals surface area contributed by atoms with Crippen molar-refractivity contribution in [3.05, 3.63) is 36.0 Å². The Morgan fingerprint density at radius 1 is 1.48 bits per heavy atom. The van der Waals surface area contributed by atoms with E-state index in [0.717, 1.165) is 5.69 Å². The maximum atomic E-state index is 13.0. The van der Waals surface area contributed by atoms with Crippen LogP contribution in [0.4, 0.5) is 11.5 Å². The molecule has 0 aliphatic carbocycles. The summed E-state index contributed by atoms with van der Waals surface area (Å²) in [6.45, 7) is 4.02. The maximum Gasteiger partial charge on any atom is 0.249 e. The van der Waals surface area contributed by atoms with Crippen LogP contribution in [0.2, 0.25) is 0 Å². The summed E-state index contributed by atoms with van der Waals surface area (Å²) in [5, 5.41) is 16.4. The largest absolute Gasteiger partial charge is 0.495 e. The van der Waals surface area contributed by atoms with E-state index in [1.54, 1.807) is 29.7 Å². The summed E-state index contributed by atoms with van der Waals surface area (Å²) in [5.41, 5.74) is 1.64. The van der Waals surface area contributed by atoms with Crippen molar-refractivity contribution in [3.8, 4) is 11.8 Å². The number of nitrogens with zero attached hydrogens (tertiary/aromatic N) is 4. The van der Waals surface area contributed by atoms with Gasteiger partial charge in [0.05, 0.1) is 25.3 Å². The molecule has 1 atom stereocenters. The van der Waals surface area contributed by atoms with Gasteiger partial charge in [-0.2, -0.15) is 10.4 Å². The van der Waals surface area contributed by atoms with E-state index in [1.165, 1.54) is 0 Å². The van der Waals surface area contributed by atoms with Gasteiger partial charge in [-0.25, -0.2) is 0 Å². The predicted molar refractivity (Wildman–Crippen MR) is 96.6 cm³/mol. The quantitative estimate of drug-likeness (QED) is 0.836. The number of benzene rings is 1. The molecule has 1 aromatic heterocycles. The standard InChI is InChI=1S/C18H23N5O2/c1-13-12-17(21-22(13)3)20-14(2)18(24)23(11-7-10-19)15-8-5-6-9-16(15)25-4/h5-6,8-9,12,14H,7,11H2,1-4H3,(H,20,21). The Balaban J connectivity index is 2.24. The molecule has 1 aromatic carbocycles. The number of ether oxygens (including phenoxy) is 1. The minimum absolute atomic E-state index is 0.150. The van der Waals surface area contributed by atoms with Crippen molar-refractivity contribution in [1.82, 2.24) is 9.78 Å². The third-order valence-electron chi connectivity index (χ3n) is 3.94. The second-order valence-corrected chi connectivity index (χ2v) is 5.73. The number of para-hydroxylation sites is 2. The Bertz CT molecular complexity index is 759. The Labute approximate surface area is 147 Å². The molecular formula is C18H23N5O2. The monoisotopic (exact) mass is 341 g/mol. The molecule has 1 heterocycles. The Morgan fingerprint density at radius 2 is 2.20 bits per heavy atom. The zero-order chi connectivity index (χ0) is 18.4. The molecule has 0 bridgehead atoms. The third-order valence-corrected chi connectivity index (χ3v) is 3.94. The van der Waals surface area contributed by atoms with Gasteiger partial charge in [0.25, 0.3) is 0 Å². The van der Waals surface area contributed by atoms with Crippen molar-refractivity contribution in [3.63, 3.8) is 0 Å². The topological polar surface area (TPSA) is 83.2 Å². The Morgan fingerprint density at radius 3 is 2.80 bits per heavy atom. The van der Waals surface area contributed by atoms with E-state index in [-0.39, 0.29) is 12.3 Å². The number of hydrogen-bond acceptors (Lipinski definition) is 5. The number of aryl methyl sites for hydroxylation is 2. The molecule has 0 spiro atoms. The van der Waals surface area contributed by atoms with Crippen LogP contribution in [-0.4, -0.2) is 35.4 Å². The van der Waals surface area contributed by atoms with Crippen LogP contribution in [-0.2, 0) is 11.8 Å². The fourth-order valence-corrected chi connectivity index (χ4v) is 2.51. The maximum absolute atomic E-state index is 13.0. The molecule has 0 radical (unpaired) electrons. The lowest BCUT2D eigenvalue weighted by atomic mass is 10.2. The van der Waals surface area contributed by atoms with Gasteiger partial charge in [0.1, 0.15) is 17.6 Å². The smallest absolute Gasteiger partial charge is 0.249 e. The summed E-state index contributed by atoms with van der Waals surface area (Å²) in [7, 11) is 3.41. The summed E-state index contributed by atoms with van der Waals surface area (Å²) in [6.07, 6.45) is 0.235. The average Bonchev–Trinajstić information content (AvgIpc) is 2.92. The number of nitriles is 1. The number of methoxy groups -OCH3 is 1. The van der Waals surface area contributed by atoms with Gasteiger partial charge < -0.3 is 15.0 Å². The molecule has 1 N–H and O–H groups in total. The van der Waals surface area contributed by atoms with Crippen LogP contribution in [0.25, 0.3) is 0 Å². The minimum atomic E-state index is -0.502. The third kappa shape index (κ3) is 4.29. The van der Waals surface area contributed by atoms with Gasteiger partial charge in [0.15, 0.2) is 0 Å². The number of amides is 1. The highest BCUT2D eigenvalue weighted by Gasteiger charge is 2.24. The van der Waals surface area contributed by atoms with Gasteiger partial charge in [0, 0.05) is 25.4 Å². The number of carbonyl (C=O) groups excluding carboxylic acids is 1. The van der Waals surface area contributed by atoms with Crippen molar-refractivity contribution in [2.75, 3.05) is 23.9 Å². The number of anilines is 2. The fraction of sp³-hybridized carbons (Fsp3) is 0.389. The molecule has 1 amide bonds. The van der Waals surface area contributed by atoms with E-state index in [4.69, 9.17) is 10.00 Å². The Hall–Kier alpha value is -3.01. The number of rotatable bonds is 7. The summed E-state index contributed by atoms with van der Waals surface area (Å²) in [4.78, 5) is 14.6. The van der Waals surface area contributed by atoms with Crippen LogP contribution in [0, 0.1) is 18.3 Å². The first-order valence-electron chi connectivity index (χ1n) is 8.06. The van der Waals surface area contributed by atoms with Gasteiger partial charge in [-0.15, -0.1) is 0 Å². The van der Waals surface area contributed by atoms with E-state index >= 15 is 0 Å². The van der Waals surface area contributed by atoms with Crippen molar-refractivity contribution in [1.29, 1.82) is 5.26 Å². The van der Waals surface area contributed by atoms with Crippen LogP contribution >= 0.6 is 0 Å². The van der Waals surface area contributed by atoms with Crippen molar-refractivity contribution in [2.45, 2.75) is 26.3 Å². The summed E-state index contributed by atoms with van der Waals surface area (Å²) in [6, 6.07) is 10.8. The molecule has 0 fully saturated rings. The van der Waals surface area contributed by atoms with Crippen LogP contribution in [0.3, 0.4) is 0 Å². The van der Waals surface area contributed by atoms with E-state index in [9.17, 15) is 4.79 Å². The normalized spacial score (nSPS) is 11.5. The van der Waals surface area contributed by atoms with Crippen molar-refractivity contribution >= 4 is 17.4 Å². The zero-order valence-electron chi connectivity index (χ0n) is 15.0. The molecule has 2 rings (SSSR count). The second kappa shape index (κ2) is 8.20. The number of nitrogens with one attached hydrogen (secondary N) is 1. The Kier molecular flexibility index (Phi) is 6.01. The molecule has 0 saturated heterocycles. The van der Waals surface area contributed by atoms with Crippen molar-refractivity contribution < 1.29 is 9.53 Å². The summed E-state index contributed by atoms with van der Waals surface area (Å²) >= 11 is 0. The fourth-order valence-electron chi connectivity index (χ4n) is 2.51. The minimum Gasteiger partial charge on any atom is -0.495 e. The van der Waals surface area contributed by atoms with E-state index < -0.39 is 6.04 Å². The molecule has 2 aromatic rings. The van der Waals surface area contributed by atoms with Gasteiger partial charge in [0.2, 0.25) is 5.91 Å². The zero-order valence-corrected chi connectivity index (χ0v) is 15.0. The summed E-state index contributed by atoms with van der Waals surface area (Å²) in [5.74, 6) is 1.08. The van der Waals surface area contributed by atoms with Crippen molar-refractivity contribution in [2.24, 2.45) is 7.05 Å². The molecule has 0 aliphatic rings. The number of hydrogen-bond donors (Lipinski definition) is 1. The van der Waals surface area contributed by atoms with Crippen LogP contribution in [0.1, 0.15) is 19.0 Å². The summed E-state index contributed by atoms with van der Waals surface area (Å²) < 4.78 is 7.10. The average molecular weight is 341 g/mol. The highest BCUT2D eigenvalue weighted by atomic mass is 16.5. The number of carbonyl (C=O) groups is 1. The van der Waals surface area contributed by atoms with Crippen LogP contribution in [0.5, 0.6) is 5.75 Å². The molecule has 0 saturated carbocycles. The molecule has 0 aliphatic heterocycles. The van der Waals surface area contributed by atoms with Gasteiger partial charge in [-0.3, -0.25) is 9.48 Å². The van der Waals surface area contributed by atoms with E-state index in [1.807, 2.05) is 38.2 Å². The predicted octanol–water partition coefficient (Wildman–Crippen LogP) is 2.48. The second-order valence-electron chi connectivity index (χ2n) is 5.73. The number of aromatic nitrogens is 2. The van der Waals surface area contributed by atoms with E-state index in [2.05, 4.69) is 16.5 Å². The van der Waals surface area contributed by atoms with E-state index in [0.29, 0.717) is 23.8 Å². The lowest BCUT2D eigenvalue weighted by molar-refractivity contribution is -0.119. The first kappa shape index (κ1) is 18.3. The molecule has 1 unspecified atom stereocenters. The molecule has 7 nitrogen and oxygen atoms in total. The molecule has 132 valence electrons. The first-order valence-corrected chi connectivity index (χ1v) is 8.06. The first-order chi connectivity index (χ1) is 12.0. The van der Waals surface area contributed by atoms with Crippen LogP contribution in [0.15, 0.2) is 30.3 Å². The molecule has 25 heavy (non-hydrogen) atoms. The molecule has 7 heteroatoms. The van der Waals surface area contributed by atoms with Gasteiger partial charge in [-0.05, 0) is 26.0 Å². The molecular weight excluding hydrogens is 318 g/mol. The van der Waals surface area contributed by atoms with Crippen LogP contribution < -0.4 is 15.0 Å². The lowest BCUT2D eigenvalue weighted by Crippen LogP contribution is -2.42. The lowest BCUT2D eigenvalue weighted by Gasteiger charge is -2.27. The highest BCUT2D eigenvalue weighted by Crippen LogP contribution is 2.28. The highest BCUT2D eigenvalue weighted by molar-refractivity contribution is 5.99. The van der Waals surface area contributed by atoms with Gasteiger partial charge >= 0.3 is 0 Å². The van der Waals surface area contributed by atoms with Gasteiger partial charge in [-0.1, -0.05) is 12.1 Å². The SMILES string of the molecule is COc1ccccc1N(CCC#N)C(=O)C(C)Nc1cc(C)n(C)n1.